The van der Waals surface area contributed by atoms with E-state index in [0.717, 1.165) is 5.39 Å². The molecule has 4 aromatic heterocycles. The Hall–Kier alpha value is -7.80. The highest BCUT2D eigenvalue weighted by molar-refractivity contribution is 6.02. The normalized spacial score (nSPS) is 9.88. The second kappa shape index (κ2) is 19.3. The Morgan fingerprint density at radius 2 is 1.09 bits per heavy atom. The summed E-state index contributed by atoms with van der Waals surface area (Å²) in [5.41, 5.74) is 4.02. The zero-order chi connectivity index (χ0) is 38.8. The number of nitrogens with one attached hydrogen (secondary N) is 1. The summed E-state index contributed by atoms with van der Waals surface area (Å²) in [5.74, 6) is -0.182. The van der Waals surface area contributed by atoms with Crippen LogP contribution in [0.4, 0.5) is 0 Å². The lowest BCUT2D eigenvalue weighted by Gasteiger charge is -2.05. The van der Waals surface area contributed by atoms with Crippen molar-refractivity contribution in [3.63, 3.8) is 0 Å². The van der Waals surface area contributed by atoms with E-state index in [-0.39, 0.29) is 54.5 Å². The molecule has 0 saturated heterocycles. The fraction of sp³-hybridized carbons (Fsp3) is 0.0698. The monoisotopic (exact) mass is 754 g/mol. The van der Waals surface area contributed by atoms with Gasteiger partial charge in [-0.05, 0) is 67.1 Å². The number of aryl methyl sites for hydroxylation is 1. The predicted molar refractivity (Wildman–Crippen MR) is 216 cm³/mol. The summed E-state index contributed by atoms with van der Waals surface area (Å²) in [7, 11) is 0. The lowest BCUT2D eigenvalue weighted by Crippen LogP contribution is -2.05. The highest BCUT2D eigenvalue weighted by Crippen LogP contribution is 2.27. The number of H-pyrrole nitrogens is 1. The maximum Gasteiger partial charge on any atom is 0.248 e. The van der Waals surface area contributed by atoms with Crippen LogP contribution >= 0.6 is 0 Å². The number of benzene rings is 4. The summed E-state index contributed by atoms with van der Waals surface area (Å²) in [5, 5.41) is 40.3. The second-order valence-electron chi connectivity index (χ2n) is 11.4. The van der Waals surface area contributed by atoms with Crippen LogP contribution in [0.15, 0.2) is 114 Å². The minimum absolute atomic E-state index is 0. The molecule has 5 N–H and O–H groups in total. The molecule has 0 saturated carbocycles. The third-order valence-corrected chi connectivity index (χ3v) is 8.08. The van der Waals surface area contributed by atoms with Crippen molar-refractivity contribution < 1.29 is 39.6 Å². The van der Waals surface area contributed by atoms with Gasteiger partial charge in [-0.2, -0.15) is 0 Å². The first kappa shape index (κ1) is 42.6. The number of pyridine rings is 4. The van der Waals surface area contributed by atoms with Crippen molar-refractivity contribution in [3.05, 3.63) is 148 Å². The van der Waals surface area contributed by atoms with Crippen LogP contribution < -0.4 is 5.56 Å². The molecule has 4 heterocycles. The molecule has 4 aromatic carbocycles. The Morgan fingerprint density at radius 3 is 1.79 bits per heavy atom. The maximum atomic E-state index is 11.2. The number of phenols is 3. The van der Waals surface area contributed by atoms with Gasteiger partial charge in [0.05, 0.1) is 45.0 Å². The van der Waals surface area contributed by atoms with E-state index in [1.54, 1.807) is 73.9 Å². The van der Waals surface area contributed by atoms with Crippen molar-refractivity contribution in [1.82, 2.24) is 19.9 Å². The Bertz CT molecular complexity index is 2540. The van der Waals surface area contributed by atoms with Crippen molar-refractivity contribution in [2.24, 2.45) is 0 Å². The molecule has 0 aliphatic rings. The molecule has 56 heavy (non-hydrogen) atoms. The number of carbonyl (C=O) groups excluding carboxylic acids is 4. The molecule has 0 fully saturated rings. The van der Waals surface area contributed by atoms with Crippen LogP contribution in [0.5, 0.6) is 23.0 Å². The summed E-state index contributed by atoms with van der Waals surface area (Å²) in [6.07, 6.45) is 7.00. The number of aromatic amines is 1. The van der Waals surface area contributed by atoms with Gasteiger partial charge >= 0.3 is 0 Å². The molecule has 13 heteroatoms. The number of phenolic OH excluding ortho intramolecular Hbond substituents is 3. The van der Waals surface area contributed by atoms with Crippen molar-refractivity contribution in [3.8, 4) is 23.0 Å². The van der Waals surface area contributed by atoms with Crippen molar-refractivity contribution in [2.45, 2.75) is 21.8 Å². The number of aromatic nitrogens is 4. The molecule has 0 amide bonds. The van der Waals surface area contributed by atoms with Gasteiger partial charge in [0.1, 0.15) is 23.0 Å². The van der Waals surface area contributed by atoms with Gasteiger partial charge in [-0.3, -0.25) is 38.9 Å². The minimum atomic E-state index is -0.220. The third-order valence-electron chi connectivity index (χ3n) is 8.08. The standard InChI is InChI=1S/C11H9NO3.3C10H7NO2.2CH4/c1-6-4-10(15)12-8-2-3-9(14)7(5-13)11(6)8;12-6-8-7-2-1-5-11-9(7)3-4-10(8)13;12-6-8-9(13)4-3-7-2-1-5-11-10(7)8;12-6-8-7-3-1-2-4-9(7)11-5-10(8)13;;/h2-5,14H,1H3,(H,12,15);3*1-6,13H;2*1H4. The Morgan fingerprint density at radius 1 is 0.554 bits per heavy atom. The molecule has 13 nitrogen and oxygen atoms in total. The predicted octanol–water partition coefficient (Wildman–Crippen LogP) is 7.89. The van der Waals surface area contributed by atoms with E-state index in [4.69, 9.17) is 0 Å². The third kappa shape index (κ3) is 9.22. The summed E-state index contributed by atoms with van der Waals surface area (Å²) < 4.78 is 0. The summed E-state index contributed by atoms with van der Waals surface area (Å²) in [6, 6.07) is 25.0. The van der Waals surface area contributed by atoms with E-state index < -0.39 is 0 Å². The summed E-state index contributed by atoms with van der Waals surface area (Å²) in [6.45, 7) is 1.73. The van der Waals surface area contributed by atoms with Crippen LogP contribution in [-0.4, -0.2) is 65.5 Å². The Balaban J connectivity index is 0.000000198. The molecule has 0 radical (unpaired) electrons. The molecular formula is C43H38N4O9. The van der Waals surface area contributed by atoms with Crippen LogP contribution in [0.3, 0.4) is 0 Å². The maximum absolute atomic E-state index is 11.2. The largest absolute Gasteiger partial charge is 0.507 e. The average Bonchev–Trinajstić information content (AvgIpc) is 3.19. The fourth-order valence-corrected chi connectivity index (χ4v) is 5.53. The lowest BCUT2D eigenvalue weighted by molar-refractivity contribution is 0.111. The zero-order valence-electron chi connectivity index (χ0n) is 28.4. The quantitative estimate of drug-likeness (QED) is 0.108. The summed E-state index contributed by atoms with van der Waals surface area (Å²) >= 11 is 0. The van der Waals surface area contributed by atoms with Gasteiger partial charge in [-0.1, -0.05) is 45.2 Å². The Labute approximate surface area is 320 Å². The van der Waals surface area contributed by atoms with Gasteiger partial charge in [0.2, 0.25) is 5.56 Å². The van der Waals surface area contributed by atoms with Gasteiger partial charge in [-0.15, -0.1) is 0 Å². The number of fused-ring (bicyclic) bond motifs is 4. The van der Waals surface area contributed by atoms with E-state index in [1.807, 2.05) is 12.1 Å². The van der Waals surface area contributed by atoms with Gasteiger partial charge < -0.3 is 25.4 Å². The molecule has 284 valence electrons. The molecule has 8 aromatic rings. The van der Waals surface area contributed by atoms with Crippen LogP contribution in [0.25, 0.3) is 43.6 Å². The van der Waals surface area contributed by atoms with Gasteiger partial charge in [0, 0.05) is 45.5 Å². The molecular weight excluding hydrogens is 716 g/mol. The van der Waals surface area contributed by atoms with Crippen LogP contribution in [-0.2, 0) is 0 Å². The number of aromatic hydroxyl groups is 4. The average molecular weight is 755 g/mol. The van der Waals surface area contributed by atoms with Crippen molar-refractivity contribution >= 4 is 68.8 Å². The number of para-hydroxylation sites is 1. The van der Waals surface area contributed by atoms with Crippen LogP contribution in [0.2, 0.25) is 0 Å². The highest BCUT2D eigenvalue weighted by atomic mass is 16.3. The molecule has 0 aliphatic heterocycles. The Kier molecular flexibility index (Phi) is 14.7. The lowest BCUT2D eigenvalue weighted by atomic mass is 10.0. The topological polar surface area (TPSA) is 221 Å². The van der Waals surface area contributed by atoms with Crippen LogP contribution in [0.1, 0.15) is 61.8 Å². The SMILES string of the molecule is C.C.Cc1cc(=O)[nH]c2ccc(O)c(C=O)c12.O=Cc1c(O)ccc2cccnc12.O=Cc1c(O)ccc2ncccc12.O=Cc1c(O)cnc2ccccc12. The van der Waals surface area contributed by atoms with Gasteiger partial charge in [-0.25, -0.2) is 0 Å². The minimum Gasteiger partial charge on any atom is -0.507 e. The zero-order valence-corrected chi connectivity index (χ0v) is 28.4. The van der Waals surface area contributed by atoms with Crippen molar-refractivity contribution in [1.29, 1.82) is 0 Å². The molecule has 0 aliphatic carbocycles. The van der Waals surface area contributed by atoms with E-state index in [2.05, 4.69) is 19.9 Å². The summed E-state index contributed by atoms with van der Waals surface area (Å²) in [4.78, 5) is 68.6. The van der Waals surface area contributed by atoms with Gasteiger partial charge in [0.15, 0.2) is 25.1 Å². The van der Waals surface area contributed by atoms with E-state index in [0.29, 0.717) is 80.1 Å². The molecule has 0 unspecified atom stereocenters. The van der Waals surface area contributed by atoms with Gasteiger partial charge in [0.25, 0.3) is 0 Å². The molecule has 0 spiro atoms. The first-order valence-corrected chi connectivity index (χ1v) is 16.0. The highest BCUT2D eigenvalue weighted by Gasteiger charge is 2.10. The first-order chi connectivity index (χ1) is 26.1. The number of hydrogen-bond acceptors (Lipinski definition) is 12. The second-order valence-corrected chi connectivity index (χ2v) is 11.4. The van der Waals surface area contributed by atoms with Crippen LogP contribution in [0, 0.1) is 6.92 Å². The number of hydrogen-bond donors (Lipinski definition) is 5. The van der Waals surface area contributed by atoms with E-state index in [1.165, 1.54) is 30.5 Å². The number of carbonyl (C=O) groups is 4. The molecule has 0 bridgehead atoms. The number of rotatable bonds is 4. The molecule has 8 rings (SSSR count). The van der Waals surface area contributed by atoms with Crippen molar-refractivity contribution in [2.75, 3.05) is 0 Å². The molecule has 0 atom stereocenters. The fourth-order valence-electron chi connectivity index (χ4n) is 5.53. The van der Waals surface area contributed by atoms with E-state index >= 15 is 0 Å². The van der Waals surface area contributed by atoms with E-state index in [9.17, 15) is 44.4 Å². The number of aldehydes is 4. The smallest absolute Gasteiger partial charge is 0.248 e. The first-order valence-electron chi connectivity index (χ1n) is 16.0. The number of nitrogens with zero attached hydrogens (tertiary/aromatic N) is 3.